The first-order valence-corrected chi connectivity index (χ1v) is 17.2. The van der Waals surface area contributed by atoms with E-state index in [1.54, 1.807) is 39.5 Å². The van der Waals surface area contributed by atoms with Gasteiger partial charge in [0, 0.05) is 62.8 Å². The van der Waals surface area contributed by atoms with Gasteiger partial charge < -0.3 is 34.3 Å². The molecule has 3 atom stereocenters. The highest BCUT2D eigenvalue weighted by Gasteiger charge is 2.36. The van der Waals surface area contributed by atoms with E-state index in [1.807, 2.05) is 33.7 Å². The van der Waals surface area contributed by atoms with Crippen molar-refractivity contribution in [1.82, 2.24) is 14.8 Å². The van der Waals surface area contributed by atoms with Crippen LogP contribution in [0.4, 0.5) is 5.69 Å². The maximum atomic E-state index is 13.6. The van der Waals surface area contributed by atoms with E-state index in [2.05, 4.69) is 10.6 Å². The number of ether oxygens (including phenoxy) is 3. The van der Waals surface area contributed by atoms with Gasteiger partial charge in [-0.05, 0) is 79.0 Å². The lowest BCUT2D eigenvalue weighted by atomic mass is 9.83. The molecule has 2 aliphatic heterocycles. The topological polar surface area (TPSA) is 128 Å². The van der Waals surface area contributed by atoms with Crippen LogP contribution in [0, 0.1) is 5.92 Å². The maximum Gasteiger partial charge on any atom is 0.250 e. The molecule has 1 saturated heterocycles. The van der Waals surface area contributed by atoms with Crippen molar-refractivity contribution in [2.45, 2.75) is 70.4 Å². The summed E-state index contributed by atoms with van der Waals surface area (Å²) in [4.78, 5) is 53.2. The molecular formula is C38H46N4O7. The van der Waals surface area contributed by atoms with Crippen LogP contribution >= 0.6 is 0 Å². The lowest BCUT2D eigenvalue weighted by Gasteiger charge is -2.42. The highest BCUT2D eigenvalue weighted by Crippen LogP contribution is 2.50. The molecular weight excluding hydrogens is 624 g/mol. The highest BCUT2D eigenvalue weighted by molar-refractivity contribution is 5.84. The molecule has 11 nitrogen and oxygen atoms in total. The Morgan fingerprint density at radius 2 is 1.73 bits per heavy atom. The van der Waals surface area contributed by atoms with Gasteiger partial charge in [0.1, 0.15) is 0 Å². The number of anilines is 1. The molecule has 1 fully saturated rings. The zero-order chi connectivity index (χ0) is 34.7. The number of hydrogen-bond donors (Lipinski definition) is 2. The van der Waals surface area contributed by atoms with Gasteiger partial charge in [0.25, 0.3) is 5.56 Å². The molecule has 260 valence electrons. The molecule has 0 spiro atoms. The van der Waals surface area contributed by atoms with Crippen LogP contribution in [0.2, 0.25) is 0 Å². The number of aromatic nitrogens is 1. The zero-order valence-electron chi connectivity index (χ0n) is 28.8. The number of benzene rings is 1. The number of rotatable bonds is 11. The van der Waals surface area contributed by atoms with Crippen molar-refractivity contribution in [3.63, 3.8) is 0 Å². The summed E-state index contributed by atoms with van der Waals surface area (Å²) in [7, 11) is 4.72. The van der Waals surface area contributed by atoms with Crippen molar-refractivity contribution in [3.05, 3.63) is 79.9 Å². The Bertz CT molecular complexity index is 1860. The monoisotopic (exact) mass is 670 g/mol. The standard InChI is InChI=1S/C38H46N4O7/c1-23(43)40-29-14-12-25-18-33(47-2)37(48-3)38(49-4)36(25)27-13-15-30(32(44)19-28(27)29)39-16-7-5-6-10-34(45)41-20-24-17-26(22-41)31-9-8-11-35(46)42(31)21-24/h8-9,11,13,15,18-19,24,26,29H,5-7,10,12,14,16-17,20-22H2,1-4H3,(H,39,44)(H,40,43)/t24?,26-,29-/m0/s1. The van der Waals surface area contributed by atoms with Crippen LogP contribution < -0.4 is 35.8 Å². The maximum absolute atomic E-state index is 13.6. The van der Waals surface area contributed by atoms with E-state index in [1.165, 1.54) is 6.92 Å². The average molecular weight is 671 g/mol. The van der Waals surface area contributed by atoms with Gasteiger partial charge in [-0.2, -0.15) is 0 Å². The summed E-state index contributed by atoms with van der Waals surface area (Å²) in [6.07, 6.45) is 5.15. The van der Waals surface area contributed by atoms with Crippen LogP contribution in [0.5, 0.6) is 17.2 Å². The van der Waals surface area contributed by atoms with Gasteiger partial charge in [0.15, 0.2) is 11.5 Å². The van der Waals surface area contributed by atoms with Crippen molar-refractivity contribution in [1.29, 1.82) is 0 Å². The lowest BCUT2D eigenvalue weighted by Crippen LogP contribution is -2.49. The van der Waals surface area contributed by atoms with E-state index in [9.17, 15) is 19.2 Å². The normalized spacial score (nSPS) is 19.0. The summed E-state index contributed by atoms with van der Waals surface area (Å²) in [6, 6.07) is 12.3. The van der Waals surface area contributed by atoms with Crippen LogP contribution in [0.25, 0.3) is 11.1 Å². The van der Waals surface area contributed by atoms with Crippen molar-refractivity contribution in [2.75, 3.05) is 46.3 Å². The number of aryl methyl sites for hydroxylation is 1. The first-order valence-electron chi connectivity index (χ1n) is 17.2. The van der Waals surface area contributed by atoms with Gasteiger partial charge in [-0.15, -0.1) is 0 Å². The SMILES string of the molecule is COc1cc2c(c(OC)c1OC)-c1ccc(NCCCCCC(=O)N3CC4C[C@@H](C3)c3cccc(=O)n3C4)c(=O)cc1[C@@H](NC(C)=O)CC2. The number of piperidine rings is 1. The van der Waals surface area contributed by atoms with E-state index < -0.39 is 0 Å². The molecule has 0 saturated carbocycles. The Balaban J connectivity index is 1.11. The van der Waals surface area contributed by atoms with Crippen LogP contribution in [-0.2, 0) is 22.6 Å². The minimum atomic E-state index is -0.371. The van der Waals surface area contributed by atoms with Crippen molar-refractivity contribution >= 4 is 17.5 Å². The number of nitrogens with zero attached hydrogens (tertiary/aromatic N) is 2. The smallest absolute Gasteiger partial charge is 0.250 e. The molecule has 2 N–H and O–H groups in total. The predicted octanol–water partition coefficient (Wildman–Crippen LogP) is 4.64. The molecule has 0 radical (unpaired) electrons. The third-order valence-electron chi connectivity index (χ3n) is 10.1. The lowest BCUT2D eigenvalue weighted by molar-refractivity contribution is -0.134. The third-order valence-corrected chi connectivity index (χ3v) is 10.1. The number of hydrogen-bond acceptors (Lipinski definition) is 8. The molecule has 2 bridgehead atoms. The molecule has 3 heterocycles. The summed E-state index contributed by atoms with van der Waals surface area (Å²) in [5, 5.41) is 6.35. The van der Waals surface area contributed by atoms with Gasteiger partial charge in [-0.1, -0.05) is 18.6 Å². The van der Waals surface area contributed by atoms with Crippen LogP contribution in [0.1, 0.15) is 74.2 Å². The minimum absolute atomic E-state index is 0.0467. The Kier molecular flexibility index (Phi) is 10.3. The Morgan fingerprint density at radius 3 is 2.49 bits per heavy atom. The molecule has 1 aromatic heterocycles. The molecule has 11 heteroatoms. The van der Waals surface area contributed by atoms with Crippen molar-refractivity contribution in [2.24, 2.45) is 5.92 Å². The Labute approximate surface area is 286 Å². The van der Waals surface area contributed by atoms with Crippen molar-refractivity contribution < 1.29 is 23.8 Å². The molecule has 1 unspecified atom stereocenters. The number of amides is 2. The first kappa shape index (κ1) is 34.1. The highest BCUT2D eigenvalue weighted by atomic mass is 16.5. The molecule has 6 rings (SSSR count). The van der Waals surface area contributed by atoms with Crippen molar-refractivity contribution in [3.8, 4) is 28.4 Å². The van der Waals surface area contributed by atoms with E-state index in [4.69, 9.17) is 14.2 Å². The van der Waals surface area contributed by atoms with Gasteiger partial charge in [0.2, 0.25) is 23.0 Å². The number of nitrogens with one attached hydrogen (secondary N) is 2. The molecule has 49 heavy (non-hydrogen) atoms. The van der Waals surface area contributed by atoms with Crippen LogP contribution in [0.15, 0.2) is 52.1 Å². The van der Waals surface area contributed by atoms with E-state index in [-0.39, 0.29) is 34.8 Å². The fraction of sp³-hybridized carbons (Fsp3) is 0.474. The molecule has 3 aliphatic rings. The molecule has 3 aromatic rings. The molecule has 2 aromatic carbocycles. The van der Waals surface area contributed by atoms with E-state index >= 15 is 0 Å². The number of unbranched alkanes of at least 4 members (excludes halogenated alkanes) is 2. The van der Waals surface area contributed by atoms with Gasteiger partial charge in [-0.3, -0.25) is 19.2 Å². The predicted molar refractivity (Wildman–Crippen MR) is 188 cm³/mol. The van der Waals surface area contributed by atoms with Gasteiger partial charge >= 0.3 is 0 Å². The summed E-state index contributed by atoms with van der Waals surface area (Å²) in [5.41, 5.74) is 4.66. The van der Waals surface area contributed by atoms with Gasteiger partial charge in [0.05, 0.1) is 33.1 Å². The number of pyridine rings is 1. The van der Waals surface area contributed by atoms with E-state index in [0.717, 1.165) is 48.1 Å². The number of fused-ring (bicyclic) bond motifs is 7. The van der Waals surface area contributed by atoms with E-state index in [0.29, 0.717) is 79.9 Å². The number of carbonyl (C=O) groups excluding carboxylic acids is 2. The summed E-state index contributed by atoms with van der Waals surface area (Å²) in [5.74, 6) is 2.05. The number of likely N-dealkylation sites (tertiary alicyclic amines) is 1. The number of methoxy groups -OCH3 is 3. The van der Waals surface area contributed by atoms with Crippen LogP contribution in [0.3, 0.4) is 0 Å². The second-order valence-corrected chi connectivity index (χ2v) is 13.3. The quantitative estimate of drug-likeness (QED) is 0.283. The number of carbonyl (C=O) groups is 2. The fourth-order valence-corrected chi connectivity index (χ4v) is 7.91. The Hall–Kier alpha value is -4.80. The molecule has 1 aliphatic carbocycles. The fourth-order valence-electron chi connectivity index (χ4n) is 7.91. The largest absolute Gasteiger partial charge is 0.493 e. The zero-order valence-corrected chi connectivity index (χ0v) is 28.8. The minimum Gasteiger partial charge on any atom is -0.493 e. The summed E-state index contributed by atoms with van der Waals surface area (Å²) in [6.45, 7) is 4.11. The third kappa shape index (κ3) is 7.02. The second-order valence-electron chi connectivity index (χ2n) is 13.3. The average Bonchev–Trinajstić information content (AvgIpc) is 3.33. The van der Waals surface area contributed by atoms with Crippen LogP contribution in [-0.4, -0.2) is 62.2 Å². The van der Waals surface area contributed by atoms with Gasteiger partial charge in [-0.25, -0.2) is 0 Å². The summed E-state index contributed by atoms with van der Waals surface area (Å²) < 4.78 is 19.0. The second kappa shape index (κ2) is 14.8. The first-order chi connectivity index (χ1) is 23.7. The molecule has 2 amide bonds. The Morgan fingerprint density at radius 1 is 0.918 bits per heavy atom. The summed E-state index contributed by atoms with van der Waals surface area (Å²) >= 11 is 0.